The van der Waals surface area contributed by atoms with E-state index in [0.717, 1.165) is 6.54 Å². The van der Waals surface area contributed by atoms with Gasteiger partial charge in [0.25, 0.3) is 0 Å². The molecule has 1 aromatic rings. The summed E-state index contributed by atoms with van der Waals surface area (Å²) in [7, 11) is 4.17. The summed E-state index contributed by atoms with van der Waals surface area (Å²) in [6, 6.07) is 6.56. The molecule has 0 saturated heterocycles. The van der Waals surface area contributed by atoms with Gasteiger partial charge in [0.15, 0.2) is 0 Å². The summed E-state index contributed by atoms with van der Waals surface area (Å²) in [5.74, 6) is 0. The summed E-state index contributed by atoms with van der Waals surface area (Å²) in [4.78, 5) is 2.16. The van der Waals surface area contributed by atoms with E-state index in [9.17, 15) is 0 Å². The molecule has 0 aliphatic carbocycles. The van der Waals surface area contributed by atoms with Crippen LogP contribution in [0.2, 0.25) is 0 Å². The molecule has 0 aromatic heterocycles. The van der Waals surface area contributed by atoms with Crippen molar-refractivity contribution in [2.45, 2.75) is 33.1 Å². The van der Waals surface area contributed by atoms with Gasteiger partial charge in [-0.1, -0.05) is 25.8 Å². The number of nitrogens with zero attached hydrogens (tertiary/aromatic N) is 1. The van der Waals surface area contributed by atoms with Crippen LogP contribution >= 0.6 is 0 Å². The van der Waals surface area contributed by atoms with Gasteiger partial charge >= 0.3 is 0 Å². The smallest absolute Gasteiger partial charge is 0.0411 e. The first-order valence-electron chi connectivity index (χ1n) is 6.17. The Balaban J connectivity index is 2.57. The van der Waals surface area contributed by atoms with Crippen molar-refractivity contribution in [1.29, 1.82) is 0 Å². The van der Waals surface area contributed by atoms with Crippen LogP contribution in [0.3, 0.4) is 0 Å². The van der Waals surface area contributed by atoms with Gasteiger partial charge in [-0.05, 0) is 31.0 Å². The zero-order chi connectivity index (χ0) is 12.0. The summed E-state index contributed by atoms with van der Waals surface area (Å²) >= 11 is 0. The average Bonchev–Trinajstić information content (AvgIpc) is 2.26. The number of aryl methyl sites for hydroxylation is 1. The van der Waals surface area contributed by atoms with Gasteiger partial charge in [0.05, 0.1) is 0 Å². The van der Waals surface area contributed by atoms with Crippen molar-refractivity contribution < 1.29 is 0 Å². The Morgan fingerprint density at radius 1 is 1.19 bits per heavy atom. The van der Waals surface area contributed by atoms with Crippen LogP contribution in [0.25, 0.3) is 0 Å². The molecule has 0 unspecified atom stereocenters. The van der Waals surface area contributed by atoms with E-state index in [1.165, 1.54) is 36.2 Å². The second-order valence-corrected chi connectivity index (χ2v) is 4.53. The molecule has 0 aliphatic rings. The number of nitrogens with one attached hydrogen (secondary N) is 1. The highest BCUT2D eigenvalue weighted by atomic mass is 15.1. The Labute approximate surface area is 99.7 Å². The van der Waals surface area contributed by atoms with Crippen LogP contribution in [0.15, 0.2) is 18.2 Å². The molecule has 0 heterocycles. The molecule has 0 atom stereocenters. The van der Waals surface area contributed by atoms with Crippen molar-refractivity contribution in [1.82, 2.24) is 0 Å². The zero-order valence-corrected chi connectivity index (χ0v) is 11.0. The highest BCUT2D eigenvalue weighted by Gasteiger charge is 2.01. The van der Waals surface area contributed by atoms with Gasteiger partial charge in [0.2, 0.25) is 0 Å². The fraction of sp³-hybridized carbons (Fsp3) is 0.571. The molecule has 90 valence electrons. The molecule has 1 rings (SSSR count). The lowest BCUT2D eigenvalue weighted by Gasteiger charge is -2.17. The number of unbranched alkanes of at least 4 members (excludes halogenated alkanes) is 2. The Morgan fingerprint density at radius 2 is 1.94 bits per heavy atom. The molecular weight excluding hydrogens is 196 g/mol. The van der Waals surface area contributed by atoms with Gasteiger partial charge in [-0.2, -0.15) is 0 Å². The minimum absolute atomic E-state index is 1.07. The monoisotopic (exact) mass is 220 g/mol. The molecule has 0 radical (unpaired) electrons. The third kappa shape index (κ3) is 3.76. The Morgan fingerprint density at radius 3 is 2.56 bits per heavy atom. The van der Waals surface area contributed by atoms with Crippen LogP contribution in [0.5, 0.6) is 0 Å². The third-order valence-electron chi connectivity index (χ3n) is 2.80. The molecule has 1 aromatic carbocycles. The largest absolute Gasteiger partial charge is 0.385 e. The first kappa shape index (κ1) is 12.9. The quantitative estimate of drug-likeness (QED) is 0.736. The minimum atomic E-state index is 1.07. The maximum absolute atomic E-state index is 3.48. The van der Waals surface area contributed by atoms with Crippen molar-refractivity contribution in [2.24, 2.45) is 0 Å². The van der Waals surface area contributed by atoms with Crippen molar-refractivity contribution in [3.05, 3.63) is 23.8 Å². The van der Waals surface area contributed by atoms with Crippen LogP contribution in [0.1, 0.15) is 31.7 Å². The van der Waals surface area contributed by atoms with E-state index in [2.05, 4.69) is 56.4 Å². The standard InChI is InChI=1S/C14H24N2/c1-5-6-7-10-15-13-9-8-12(2)14(11-13)16(3)4/h8-9,11,15H,5-7,10H2,1-4H3. The first-order chi connectivity index (χ1) is 7.65. The molecular formula is C14H24N2. The van der Waals surface area contributed by atoms with E-state index < -0.39 is 0 Å². The number of hydrogen-bond acceptors (Lipinski definition) is 2. The van der Waals surface area contributed by atoms with Crippen LogP contribution in [0.4, 0.5) is 11.4 Å². The zero-order valence-electron chi connectivity index (χ0n) is 11.0. The maximum atomic E-state index is 3.48. The van der Waals surface area contributed by atoms with E-state index in [1.54, 1.807) is 0 Å². The van der Waals surface area contributed by atoms with Gasteiger partial charge < -0.3 is 10.2 Å². The maximum Gasteiger partial charge on any atom is 0.0411 e. The lowest BCUT2D eigenvalue weighted by molar-refractivity contribution is 0.744. The summed E-state index contributed by atoms with van der Waals surface area (Å²) < 4.78 is 0. The lowest BCUT2D eigenvalue weighted by Crippen LogP contribution is -2.11. The van der Waals surface area contributed by atoms with Crippen molar-refractivity contribution in [2.75, 3.05) is 30.9 Å². The molecule has 2 heteroatoms. The second-order valence-electron chi connectivity index (χ2n) is 4.53. The van der Waals surface area contributed by atoms with Crippen molar-refractivity contribution >= 4 is 11.4 Å². The molecule has 0 bridgehead atoms. The van der Waals surface area contributed by atoms with Crippen molar-refractivity contribution in [3.63, 3.8) is 0 Å². The number of anilines is 2. The van der Waals surface area contributed by atoms with E-state index in [-0.39, 0.29) is 0 Å². The number of rotatable bonds is 6. The third-order valence-corrected chi connectivity index (χ3v) is 2.80. The molecule has 0 aliphatic heterocycles. The van der Waals surface area contributed by atoms with Crippen LogP contribution < -0.4 is 10.2 Å². The number of benzene rings is 1. The molecule has 2 nitrogen and oxygen atoms in total. The average molecular weight is 220 g/mol. The van der Waals surface area contributed by atoms with Crippen LogP contribution in [-0.4, -0.2) is 20.6 Å². The highest BCUT2D eigenvalue weighted by molar-refractivity contribution is 5.61. The number of hydrogen-bond donors (Lipinski definition) is 1. The predicted molar refractivity (Wildman–Crippen MR) is 73.5 cm³/mol. The molecule has 0 amide bonds. The first-order valence-corrected chi connectivity index (χ1v) is 6.17. The fourth-order valence-corrected chi connectivity index (χ4v) is 1.81. The fourth-order valence-electron chi connectivity index (χ4n) is 1.81. The molecule has 0 fully saturated rings. The Kier molecular flexibility index (Phi) is 5.17. The second kappa shape index (κ2) is 6.41. The van der Waals surface area contributed by atoms with Crippen molar-refractivity contribution in [3.8, 4) is 0 Å². The highest BCUT2D eigenvalue weighted by Crippen LogP contribution is 2.22. The van der Waals surface area contributed by atoms with Gasteiger partial charge in [0.1, 0.15) is 0 Å². The summed E-state index contributed by atoms with van der Waals surface area (Å²) in [6.07, 6.45) is 3.83. The molecule has 1 N–H and O–H groups in total. The van der Waals surface area contributed by atoms with Gasteiger partial charge in [-0.25, -0.2) is 0 Å². The lowest BCUT2D eigenvalue weighted by atomic mass is 10.1. The van der Waals surface area contributed by atoms with E-state index in [4.69, 9.17) is 0 Å². The topological polar surface area (TPSA) is 15.3 Å². The van der Waals surface area contributed by atoms with Crippen LogP contribution in [-0.2, 0) is 0 Å². The molecule has 0 spiro atoms. The Hall–Kier alpha value is -1.18. The Bertz CT molecular complexity index is 319. The minimum Gasteiger partial charge on any atom is -0.385 e. The van der Waals surface area contributed by atoms with Gasteiger partial charge in [-0.15, -0.1) is 0 Å². The molecule has 0 saturated carbocycles. The van der Waals surface area contributed by atoms with E-state index in [1.807, 2.05) is 0 Å². The molecule has 16 heavy (non-hydrogen) atoms. The van der Waals surface area contributed by atoms with E-state index in [0.29, 0.717) is 0 Å². The predicted octanol–water partition coefficient (Wildman–Crippen LogP) is 3.66. The van der Waals surface area contributed by atoms with Crippen LogP contribution in [0, 0.1) is 6.92 Å². The normalized spacial score (nSPS) is 10.2. The summed E-state index contributed by atoms with van der Waals surface area (Å²) in [6.45, 7) is 5.45. The summed E-state index contributed by atoms with van der Waals surface area (Å²) in [5, 5.41) is 3.48. The summed E-state index contributed by atoms with van der Waals surface area (Å²) in [5.41, 5.74) is 3.84. The SMILES string of the molecule is CCCCCNc1ccc(C)c(N(C)C)c1. The van der Waals surface area contributed by atoms with E-state index >= 15 is 0 Å². The van der Waals surface area contributed by atoms with Gasteiger partial charge in [-0.3, -0.25) is 0 Å². The van der Waals surface area contributed by atoms with Gasteiger partial charge in [0, 0.05) is 32.0 Å².